The minimum atomic E-state index is -0.448. The van der Waals surface area contributed by atoms with Gasteiger partial charge in [-0.2, -0.15) is 0 Å². The number of likely N-dealkylation sites (tertiary alicyclic amines) is 1. The number of ether oxygens (including phenoxy) is 2. The first-order chi connectivity index (χ1) is 9.76. The molecule has 1 saturated heterocycles. The molecule has 2 rings (SSSR count). The highest BCUT2D eigenvalue weighted by Gasteiger charge is 2.37. The van der Waals surface area contributed by atoms with E-state index in [2.05, 4.69) is 22.9 Å². The third kappa shape index (κ3) is 4.85. The second-order valence-corrected chi connectivity index (χ2v) is 8.62. The molecule has 1 heterocycles. The van der Waals surface area contributed by atoms with Gasteiger partial charge < -0.3 is 14.4 Å². The highest BCUT2D eigenvalue weighted by Crippen LogP contribution is 2.34. The number of carbonyl (C=O) groups is 1. The Morgan fingerprint density at radius 1 is 1.33 bits per heavy atom. The zero-order chi connectivity index (χ0) is 15.6. The second-order valence-electron chi connectivity index (χ2n) is 7.44. The van der Waals surface area contributed by atoms with E-state index >= 15 is 0 Å². The minimum absolute atomic E-state index is 0.0695. The molecule has 3 unspecified atom stereocenters. The molecular weight excluding hydrogens is 334 g/mol. The van der Waals surface area contributed by atoms with Crippen molar-refractivity contribution < 1.29 is 14.3 Å². The third-order valence-electron chi connectivity index (χ3n) is 4.38. The number of rotatable bonds is 4. The van der Waals surface area contributed by atoms with Gasteiger partial charge >= 0.3 is 6.09 Å². The van der Waals surface area contributed by atoms with Gasteiger partial charge in [-0.3, -0.25) is 0 Å². The molecule has 2 fully saturated rings. The van der Waals surface area contributed by atoms with E-state index in [1.807, 2.05) is 20.8 Å². The second kappa shape index (κ2) is 6.86. The quantitative estimate of drug-likeness (QED) is 0.714. The summed E-state index contributed by atoms with van der Waals surface area (Å²) >= 11 is 3.64. The molecule has 0 N–H and O–H groups in total. The summed E-state index contributed by atoms with van der Waals surface area (Å²) in [5, 5.41) is 0. The van der Waals surface area contributed by atoms with Crippen LogP contribution in [0.25, 0.3) is 0 Å². The summed E-state index contributed by atoms with van der Waals surface area (Å²) in [6.07, 6.45) is 3.88. The highest BCUT2D eigenvalue weighted by atomic mass is 79.9. The molecule has 1 aliphatic carbocycles. The van der Waals surface area contributed by atoms with Gasteiger partial charge in [-0.25, -0.2) is 4.79 Å². The Bertz CT molecular complexity index is 365. The Morgan fingerprint density at radius 2 is 2.00 bits per heavy atom. The van der Waals surface area contributed by atoms with Crippen LogP contribution < -0.4 is 0 Å². The van der Waals surface area contributed by atoms with E-state index in [1.165, 1.54) is 19.3 Å². The van der Waals surface area contributed by atoms with Gasteiger partial charge in [0.05, 0.1) is 17.5 Å². The molecule has 0 aromatic heterocycles. The average molecular weight is 362 g/mol. The number of amides is 1. The number of hydrogen-bond acceptors (Lipinski definition) is 3. The molecule has 4 nitrogen and oxygen atoms in total. The largest absolute Gasteiger partial charge is 0.444 e. The molecule has 5 heteroatoms. The summed E-state index contributed by atoms with van der Waals surface area (Å²) in [5.74, 6) is 1.45. The molecule has 1 amide bonds. The molecule has 122 valence electrons. The summed E-state index contributed by atoms with van der Waals surface area (Å²) in [6, 6.07) is 0. The van der Waals surface area contributed by atoms with Gasteiger partial charge in [-0.1, -0.05) is 42.1 Å². The molecular formula is C16H28BrNO3. The van der Waals surface area contributed by atoms with Gasteiger partial charge in [-0.05, 0) is 32.6 Å². The normalized spacial score (nSPS) is 28.3. The van der Waals surface area contributed by atoms with Gasteiger partial charge in [-0.15, -0.1) is 0 Å². The van der Waals surface area contributed by atoms with Crippen molar-refractivity contribution in [3.8, 4) is 0 Å². The number of hydrogen-bond donors (Lipinski definition) is 0. The molecule has 0 radical (unpaired) electrons. The first kappa shape index (κ1) is 17.1. The van der Waals surface area contributed by atoms with Gasteiger partial charge in [0.25, 0.3) is 0 Å². The van der Waals surface area contributed by atoms with E-state index in [0.717, 1.165) is 12.5 Å². The number of nitrogens with zero attached hydrogens (tertiary/aromatic N) is 1. The van der Waals surface area contributed by atoms with Gasteiger partial charge in [0, 0.05) is 13.2 Å². The van der Waals surface area contributed by atoms with Crippen molar-refractivity contribution in [1.82, 2.24) is 4.90 Å². The fraction of sp³-hybridized carbons (Fsp3) is 0.938. The van der Waals surface area contributed by atoms with Crippen LogP contribution in [0.15, 0.2) is 0 Å². The van der Waals surface area contributed by atoms with Crippen LogP contribution in [0.4, 0.5) is 4.79 Å². The number of halogens is 1. The predicted molar refractivity (Wildman–Crippen MR) is 86.8 cm³/mol. The van der Waals surface area contributed by atoms with Gasteiger partial charge in [0.15, 0.2) is 0 Å². The van der Waals surface area contributed by atoms with E-state index in [1.54, 1.807) is 4.90 Å². The van der Waals surface area contributed by atoms with E-state index in [9.17, 15) is 4.79 Å². The van der Waals surface area contributed by atoms with Crippen LogP contribution in [0.3, 0.4) is 0 Å². The maximum absolute atomic E-state index is 12.1. The summed E-state index contributed by atoms with van der Waals surface area (Å²) < 4.78 is 11.5. The number of alkyl halides is 1. The van der Waals surface area contributed by atoms with Crippen molar-refractivity contribution in [2.45, 2.75) is 63.5 Å². The average Bonchev–Trinajstić information content (AvgIpc) is 2.63. The molecule has 2 aliphatic rings. The SMILES string of the molecule is CC(COC1CN(C(=O)OC(C)(C)C)CC1Br)C1CCC1. The van der Waals surface area contributed by atoms with Crippen molar-refractivity contribution in [1.29, 1.82) is 0 Å². The first-order valence-corrected chi connectivity index (χ1v) is 8.91. The summed E-state index contributed by atoms with van der Waals surface area (Å²) in [7, 11) is 0. The summed E-state index contributed by atoms with van der Waals surface area (Å²) in [4.78, 5) is 14.0. The van der Waals surface area contributed by atoms with Crippen LogP contribution in [0, 0.1) is 11.8 Å². The van der Waals surface area contributed by atoms with Crippen LogP contribution in [0.5, 0.6) is 0 Å². The maximum Gasteiger partial charge on any atom is 0.410 e. The lowest BCUT2D eigenvalue weighted by Crippen LogP contribution is -2.36. The minimum Gasteiger partial charge on any atom is -0.444 e. The van der Waals surface area contributed by atoms with Crippen molar-refractivity contribution in [3.63, 3.8) is 0 Å². The molecule has 0 spiro atoms. The van der Waals surface area contributed by atoms with E-state index in [4.69, 9.17) is 9.47 Å². The molecule has 3 atom stereocenters. The molecule has 0 aromatic carbocycles. The Balaban J connectivity index is 1.76. The van der Waals surface area contributed by atoms with Gasteiger partial charge in [0.2, 0.25) is 0 Å². The van der Waals surface area contributed by atoms with Crippen LogP contribution in [0.1, 0.15) is 47.0 Å². The first-order valence-electron chi connectivity index (χ1n) is 8.00. The molecule has 0 bridgehead atoms. The van der Waals surface area contributed by atoms with Crippen molar-refractivity contribution in [2.24, 2.45) is 11.8 Å². The Morgan fingerprint density at radius 3 is 2.52 bits per heavy atom. The third-order valence-corrected chi connectivity index (χ3v) is 5.26. The Labute approximate surface area is 136 Å². The van der Waals surface area contributed by atoms with E-state index < -0.39 is 5.60 Å². The van der Waals surface area contributed by atoms with Crippen molar-refractivity contribution in [3.05, 3.63) is 0 Å². The lowest BCUT2D eigenvalue weighted by molar-refractivity contribution is 0.00652. The van der Waals surface area contributed by atoms with Crippen molar-refractivity contribution in [2.75, 3.05) is 19.7 Å². The number of carbonyl (C=O) groups excluding carboxylic acids is 1. The van der Waals surface area contributed by atoms with Crippen molar-refractivity contribution >= 4 is 22.0 Å². The van der Waals surface area contributed by atoms with E-state index in [-0.39, 0.29) is 17.0 Å². The molecule has 21 heavy (non-hydrogen) atoms. The molecule has 1 aliphatic heterocycles. The monoisotopic (exact) mass is 361 g/mol. The fourth-order valence-electron chi connectivity index (χ4n) is 2.79. The summed E-state index contributed by atoms with van der Waals surface area (Å²) in [5.41, 5.74) is -0.448. The lowest BCUT2D eigenvalue weighted by Gasteiger charge is -2.32. The van der Waals surface area contributed by atoms with Crippen LogP contribution >= 0.6 is 15.9 Å². The molecule has 0 aromatic rings. The molecule has 1 saturated carbocycles. The van der Waals surface area contributed by atoms with Crippen LogP contribution in [-0.2, 0) is 9.47 Å². The topological polar surface area (TPSA) is 38.8 Å². The van der Waals surface area contributed by atoms with Crippen LogP contribution in [0.2, 0.25) is 0 Å². The predicted octanol–water partition coefficient (Wildman–Crippen LogP) is 3.82. The smallest absolute Gasteiger partial charge is 0.410 e. The summed E-state index contributed by atoms with van der Waals surface area (Å²) in [6.45, 7) is 10.00. The van der Waals surface area contributed by atoms with Gasteiger partial charge in [0.1, 0.15) is 5.60 Å². The maximum atomic E-state index is 12.1. The Hall–Kier alpha value is -0.290. The zero-order valence-corrected chi connectivity index (χ0v) is 15.2. The Kier molecular flexibility index (Phi) is 5.58. The zero-order valence-electron chi connectivity index (χ0n) is 13.6. The fourth-order valence-corrected chi connectivity index (χ4v) is 3.46. The highest BCUT2D eigenvalue weighted by molar-refractivity contribution is 9.09. The van der Waals surface area contributed by atoms with Crippen LogP contribution in [-0.4, -0.2) is 47.2 Å². The standard InChI is InChI=1S/C16H28BrNO3/c1-11(12-6-5-7-12)10-20-14-9-18(8-13(14)17)15(19)21-16(2,3)4/h11-14H,5-10H2,1-4H3. The lowest BCUT2D eigenvalue weighted by atomic mass is 9.77. The van der Waals surface area contributed by atoms with E-state index in [0.29, 0.717) is 19.0 Å².